The van der Waals surface area contributed by atoms with E-state index in [9.17, 15) is 18.0 Å². The van der Waals surface area contributed by atoms with Gasteiger partial charge in [-0.05, 0) is 12.8 Å². The Morgan fingerprint density at radius 2 is 2.00 bits per heavy atom. The second-order valence-corrected chi connectivity index (χ2v) is 4.29. The van der Waals surface area contributed by atoms with Crippen LogP contribution in [0.25, 0.3) is 0 Å². The summed E-state index contributed by atoms with van der Waals surface area (Å²) in [5, 5.41) is -0.466. The smallest absolute Gasteiger partial charge is 0.292 e. The molecule has 0 aliphatic heterocycles. The first-order chi connectivity index (χ1) is 5.06. The molecule has 0 aromatic heterocycles. The zero-order chi connectivity index (χ0) is 8.48. The van der Waals surface area contributed by atoms with Crippen LogP contribution in [-0.4, -0.2) is 25.9 Å². The second-order valence-electron chi connectivity index (χ2n) is 2.33. The van der Waals surface area contributed by atoms with E-state index in [1.54, 1.807) is 4.72 Å². The number of rotatable bonds is 3. The Morgan fingerprint density at radius 1 is 1.45 bits per heavy atom. The summed E-state index contributed by atoms with van der Waals surface area (Å²) in [6, 6.07) is 0. The molecule has 6 heteroatoms. The third-order valence-corrected chi connectivity index (χ3v) is 3.15. The molecule has 5 nitrogen and oxygen atoms in total. The first kappa shape index (κ1) is 8.19. The molecule has 0 bridgehead atoms. The van der Waals surface area contributed by atoms with Crippen molar-refractivity contribution < 1.29 is 18.0 Å². The van der Waals surface area contributed by atoms with Gasteiger partial charge in [0, 0.05) is 0 Å². The molecule has 62 valence electrons. The third kappa shape index (κ3) is 2.01. The molecule has 1 aliphatic rings. The lowest BCUT2D eigenvalue weighted by molar-refractivity contribution is -0.130. The largest absolute Gasteiger partial charge is 0.297 e. The van der Waals surface area contributed by atoms with Crippen molar-refractivity contribution >= 4 is 22.2 Å². The summed E-state index contributed by atoms with van der Waals surface area (Å²) in [7, 11) is -3.53. The Labute approximate surface area is 63.8 Å². The van der Waals surface area contributed by atoms with Crippen LogP contribution in [0.15, 0.2) is 0 Å². The lowest BCUT2D eigenvalue weighted by atomic mass is 10.7. The van der Waals surface area contributed by atoms with Crippen LogP contribution in [0.5, 0.6) is 0 Å². The maximum absolute atomic E-state index is 10.9. The van der Waals surface area contributed by atoms with Crippen LogP contribution >= 0.6 is 0 Å². The maximum atomic E-state index is 10.9. The predicted molar refractivity (Wildman–Crippen MR) is 36.1 cm³/mol. The van der Waals surface area contributed by atoms with E-state index >= 15 is 0 Å². The molecule has 0 radical (unpaired) electrons. The van der Waals surface area contributed by atoms with Gasteiger partial charge in [0.2, 0.25) is 16.3 Å². The molecule has 0 aromatic rings. The highest BCUT2D eigenvalue weighted by atomic mass is 32.2. The molecule has 0 heterocycles. The van der Waals surface area contributed by atoms with E-state index in [-0.39, 0.29) is 6.29 Å². The molecule has 11 heavy (non-hydrogen) atoms. The van der Waals surface area contributed by atoms with Crippen molar-refractivity contribution in [1.82, 2.24) is 4.72 Å². The fourth-order valence-corrected chi connectivity index (χ4v) is 1.88. The highest BCUT2D eigenvalue weighted by molar-refractivity contribution is 7.91. The summed E-state index contributed by atoms with van der Waals surface area (Å²) >= 11 is 0. The van der Waals surface area contributed by atoms with E-state index in [0.29, 0.717) is 12.8 Å². The molecule has 0 aromatic carbocycles. The van der Waals surface area contributed by atoms with Gasteiger partial charge >= 0.3 is 0 Å². The van der Waals surface area contributed by atoms with Crippen LogP contribution in [-0.2, 0) is 19.6 Å². The minimum Gasteiger partial charge on any atom is -0.292 e. The fourth-order valence-electron chi connectivity index (χ4n) is 0.626. The van der Waals surface area contributed by atoms with Crippen molar-refractivity contribution in [3.05, 3.63) is 0 Å². The number of carbonyl (C=O) groups is 2. The van der Waals surface area contributed by atoms with E-state index in [4.69, 9.17) is 0 Å². The zero-order valence-electron chi connectivity index (χ0n) is 5.61. The number of carbonyl (C=O) groups excluding carboxylic acids is 2. The van der Waals surface area contributed by atoms with Crippen LogP contribution in [0.3, 0.4) is 0 Å². The first-order valence-electron chi connectivity index (χ1n) is 3.07. The van der Waals surface area contributed by atoms with Crippen LogP contribution in [0.4, 0.5) is 0 Å². The number of sulfonamides is 1. The first-order valence-corrected chi connectivity index (χ1v) is 4.61. The van der Waals surface area contributed by atoms with Gasteiger partial charge in [-0.3, -0.25) is 9.59 Å². The van der Waals surface area contributed by atoms with E-state index in [1.807, 2.05) is 0 Å². The van der Waals surface area contributed by atoms with Crippen LogP contribution in [0.2, 0.25) is 0 Å². The van der Waals surface area contributed by atoms with Crippen molar-refractivity contribution in [1.29, 1.82) is 0 Å². The van der Waals surface area contributed by atoms with Gasteiger partial charge in [0.1, 0.15) is 0 Å². The maximum Gasteiger partial charge on any atom is 0.297 e. The van der Waals surface area contributed by atoms with Crippen molar-refractivity contribution in [2.75, 3.05) is 0 Å². The molecule has 1 N–H and O–H groups in total. The summed E-state index contributed by atoms with van der Waals surface area (Å²) in [6.45, 7) is 0. The third-order valence-electron chi connectivity index (χ3n) is 1.31. The van der Waals surface area contributed by atoms with E-state index in [0.717, 1.165) is 0 Å². The Balaban J connectivity index is 2.59. The number of amides is 1. The Hall–Kier alpha value is -0.910. The minimum atomic E-state index is -3.53. The van der Waals surface area contributed by atoms with Gasteiger partial charge in [-0.15, -0.1) is 0 Å². The predicted octanol–water partition coefficient (Wildman–Crippen LogP) is -1.21. The summed E-state index contributed by atoms with van der Waals surface area (Å²) in [4.78, 5) is 20.1. The Bertz CT molecular complexity index is 277. The summed E-state index contributed by atoms with van der Waals surface area (Å²) < 4.78 is 23.4. The molecule has 0 unspecified atom stereocenters. The summed E-state index contributed by atoms with van der Waals surface area (Å²) in [5.74, 6) is -1.10. The van der Waals surface area contributed by atoms with Crippen molar-refractivity contribution in [3.63, 3.8) is 0 Å². The molecule has 1 aliphatic carbocycles. The molecule has 1 amide bonds. The molecule has 1 fully saturated rings. The van der Waals surface area contributed by atoms with Gasteiger partial charge in [-0.25, -0.2) is 13.1 Å². The summed E-state index contributed by atoms with van der Waals surface area (Å²) in [6.07, 6.45) is 1.09. The van der Waals surface area contributed by atoms with Crippen molar-refractivity contribution in [2.24, 2.45) is 0 Å². The van der Waals surface area contributed by atoms with Crippen LogP contribution < -0.4 is 4.72 Å². The lowest BCUT2D eigenvalue weighted by Crippen LogP contribution is -2.33. The van der Waals surface area contributed by atoms with Gasteiger partial charge in [-0.2, -0.15) is 0 Å². The van der Waals surface area contributed by atoms with Crippen LogP contribution in [0, 0.1) is 0 Å². The minimum absolute atomic E-state index is 0.0556. The number of hydrogen-bond donors (Lipinski definition) is 1. The Kier molecular flexibility index (Phi) is 1.95. The zero-order valence-corrected chi connectivity index (χ0v) is 6.43. The average Bonchev–Trinajstić information content (AvgIpc) is 2.66. The van der Waals surface area contributed by atoms with Gasteiger partial charge in [-0.1, -0.05) is 0 Å². The van der Waals surface area contributed by atoms with Gasteiger partial charge in [0.15, 0.2) is 0 Å². The molecule has 0 spiro atoms. The van der Waals surface area contributed by atoms with Gasteiger partial charge < -0.3 is 0 Å². The number of hydrogen-bond acceptors (Lipinski definition) is 4. The molecule has 1 saturated carbocycles. The molecule has 1 rings (SSSR count). The molecular formula is C5H7NO4S. The molecular weight excluding hydrogens is 170 g/mol. The van der Waals surface area contributed by atoms with Gasteiger partial charge in [0.25, 0.3) is 5.91 Å². The highest BCUT2D eigenvalue weighted by Gasteiger charge is 2.36. The van der Waals surface area contributed by atoms with E-state index in [2.05, 4.69) is 0 Å². The Morgan fingerprint density at radius 3 is 2.36 bits per heavy atom. The highest BCUT2D eigenvalue weighted by Crippen LogP contribution is 2.27. The van der Waals surface area contributed by atoms with Gasteiger partial charge in [0.05, 0.1) is 5.25 Å². The van der Waals surface area contributed by atoms with Crippen molar-refractivity contribution in [2.45, 2.75) is 18.1 Å². The quantitative estimate of drug-likeness (QED) is 0.433. The molecule has 0 saturated heterocycles. The monoisotopic (exact) mass is 177 g/mol. The second kappa shape index (κ2) is 2.61. The number of nitrogens with one attached hydrogen (secondary N) is 1. The topological polar surface area (TPSA) is 80.3 Å². The molecule has 0 atom stereocenters. The van der Waals surface area contributed by atoms with E-state index in [1.165, 1.54) is 0 Å². The fraction of sp³-hybridized carbons (Fsp3) is 0.600. The average molecular weight is 177 g/mol. The number of aldehydes is 1. The standard InChI is InChI=1S/C5H7NO4S/c7-3-5(8)6-11(9,10)4-1-2-4/h3-4H,1-2H2,(H,6,8). The SMILES string of the molecule is O=CC(=O)NS(=O)(=O)C1CC1. The normalized spacial score (nSPS) is 17.5. The summed E-state index contributed by atoms with van der Waals surface area (Å²) in [5.41, 5.74) is 0. The lowest BCUT2D eigenvalue weighted by Gasteiger charge is -1.99. The van der Waals surface area contributed by atoms with Crippen molar-refractivity contribution in [3.8, 4) is 0 Å². The van der Waals surface area contributed by atoms with Crippen LogP contribution in [0.1, 0.15) is 12.8 Å². The van der Waals surface area contributed by atoms with E-state index < -0.39 is 21.2 Å².